The van der Waals surface area contributed by atoms with Gasteiger partial charge in [-0.3, -0.25) is 9.79 Å². The minimum Gasteiger partial charge on any atom is -0.370 e. The highest BCUT2D eigenvalue weighted by Crippen LogP contribution is 2.23. The number of rotatable bonds is 9. The van der Waals surface area contributed by atoms with Crippen LogP contribution in [-0.2, 0) is 11.3 Å². The van der Waals surface area contributed by atoms with E-state index in [9.17, 15) is 4.79 Å². The standard InChI is InChI=1S/C23H27N5O/c24-23(25)26-15-7-14-21(27-16-17-8-2-1-3-9-17)22(29)28-20-13-6-11-18-10-4-5-12-19(18)20/h1-6,8-13,21,27H,7,14-16H2,(H,28,29)(H4,24,25,26)/t21-/m0/s1. The topological polar surface area (TPSA) is 106 Å². The second-order valence-corrected chi connectivity index (χ2v) is 6.88. The number of aliphatic imine (C=N–C) groups is 1. The van der Waals surface area contributed by atoms with Crippen molar-refractivity contribution in [3.05, 3.63) is 78.4 Å². The molecule has 1 atom stereocenters. The highest BCUT2D eigenvalue weighted by Gasteiger charge is 2.18. The van der Waals surface area contributed by atoms with Crippen molar-refractivity contribution in [2.45, 2.75) is 25.4 Å². The van der Waals surface area contributed by atoms with Crippen molar-refractivity contribution in [3.63, 3.8) is 0 Å². The van der Waals surface area contributed by atoms with E-state index in [-0.39, 0.29) is 17.9 Å². The van der Waals surface area contributed by atoms with Crippen molar-refractivity contribution in [3.8, 4) is 0 Å². The lowest BCUT2D eigenvalue weighted by atomic mass is 10.1. The van der Waals surface area contributed by atoms with Crippen molar-refractivity contribution >= 4 is 28.3 Å². The van der Waals surface area contributed by atoms with Gasteiger partial charge in [0.05, 0.1) is 6.04 Å². The van der Waals surface area contributed by atoms with Gasteiger partial charge in [0.25, 0.3) is 0 Å². The molecule has 0 saturated carbocycles. The predicted molar refractivity (Wildman–Crippen MR) is 120 cm³/mol. The van der Waals surface area contributed by atoms with Gasteiger partial charge in [0.15, 0.2) is 5.96 Å². The molecule has 6 N–H and O–H groups in total. The van der Waals surface area contributed by atoms with Crippen molar-refractivity contribution in [1.29, 1.82) is 0 Å². The van der Waals surface area contributed by atoms with Gasteiger partial charge in [-0.05, 0) is 29.9 Å². The summed E-state index contributed by atoms with van der Waals surface area (Å²) in [6.07, 6.45) is 1.33. The van der Waals surface area contributed by atoms with Gasteiger partial charge in [0.1, 0.15) is 0 Å². The van der Waals surface area contributed by atoms with E-state index in [1.165, 1.54) is 0 Å². The molecule has 0 saturated heterocycles. The highest BCUT2D eigenvalue weighted by atomic mass is 16.2. The number of nitrogens with zero attached hydrogens (tertiary/aromatic N) is 1. The zero-order valence-electron chi connectivity index (χ0n) is 16.3. The minimum atomic E-state index is -0.358. The van der Waals surface area contributed by atoms with Gasteiger partial charge in [0.2, 0.25) is 5.91 Å². The van der Waals surface area contributed by atoms with E-state index in [2.05, 4.69) is 15.6 Å². The van der Waals surface area contributed by atoms with Crippen molar-refractivity contribution in [2.75, 3.05) is 11.9 Å². The molecular formula is C23H27N5O. The first-order valence-electron chi connectivity index (χ1n) is 9.75. The Bertz CT molecular complexity index is 962. The van der Waals surface area contributed by atoms with Crippen LogP contribution in [0.5, 0.6) is 0 Å². The zero-order chi connectivity index (χ0) is 20.5. The van der Waals surface area contributed by atoms with Crippen LogP contribution in [0.3, 0.4) is 0 Å². The summed E-state index contributed by atoms with van der Waals surface area (Å²) >= 11 is 0. The van der Waals surface area contributed by atoms with E-state index >= 15 is 0 Å². The number of hydrogen-bond donors (Lipinski definition) is 4. The first-order chi connectivity index (χ1) is 14.1. The van der Waals surface area contributed by atoms with Crippen LogP contribution in [0, 0.1) is 0 Å². The van der Waals surface area contributed by atoms with Crippen molar-refractivity contribution in [1.82, 2.24) is 5.32 Å². The summed E-state index contributed by atoms with van der Waals surface area (Å²) in [6.45, 7) is 1.10. The Morgan fingerprint density at radius 2 is 1.66 bits per heavy atom. The van der Waals surface area contributed by atoms with E-state index in [1.54, 1.807) is 0 Å². The molecule has 0 unspecified atom stereocenters. The van der Waals surface area contributed by atoms with Gasteiger partial charge in [0, 0.05) is 24.2 Å². The lowest BCUT2D eigenvalue weighted by Gasteiger charge is -2.19. The van der Waals surface area contributed by atoms with Gasteiger partial charge in [-0.25, -0.2) is 0 Å². The van der Waals surface area contributed by atoms with E-state index in [0.717, 1.165) is 22.0 Å². The van der Waals surface area contributed by atoms with E-state index in [0.29, 0.717) is 25.9 Å². The Hall–Kier alpha value is -3.38. The molecule has 0 spiro atoms. The number of guanidine groups is 1. The van der Waals surface area contributed by atoms with Crippen LogP contribution in [0.15, 0.2) is 77.8 Å². The Morgan fingerprint density at radius 3 is 2.45 bits per heavy atom. The third kappa shape index (κ3) is 6.05. The molecule has 0 fully saturated rings. The Labute approximate surface area is 171 Å². The van der Waals surface area contributed by atoms with Crippen LogP contribution in [0.1, 0.15) is 18.4 Å². The summed E-state index contributed by atoms with van der Waals surface area (Å²) in [6, 6.07) is 23.6. The number of benzene rings is 3. The fourth-order valence-electron chi connectivity index (χ4n) is 3.22. The molecule has 3 aromatic rings. The maximum atomic E-state index is 13.0. The summed E-state index contributed by atoms with van der Waals surface area (Å²) in [5.74, 6) is 0.000913. The Morgan fingerprint density at radius 1 is 0.931 bits per heavy atom. The smallest absolute Gasteiger partial charge is 0.241 e. The number of fused-ring (bicyclic) bond motifs is 1. The number of nitrogens with two attached hydrogens (primary N) is 2. The molecule has 6 heteroatoms. The van der Waals surface area contributed by atoms with Crippen LogP contribution in [0.4, 0.5) is 5.69 Å². The number of hydrogen-bond acceptors (Lipinski definition) is 3. The fraction of sp³-hybridized carbons (Fsp3) is 0.217. The predicted octanol–water partition coefficient (Wildman–Crippen LogP) is 2.99. The third-order valence-corrected chi connectivity index (χ3v) is 4.70. The Kier molecular flexibility index (Phi) is 7.19. The van der Waals surface area contributed by atoms with E-state index < -0.39 is 0 Å². The summed E-state index contributed by atoms with van der Waals surface area (Å²) < 4.78 is 0. The molecule has 0 bridgehead atoms. The van der Waals surface area contributed by atoms with Crippen LogP contribution < -0.4 is 22.1 Å². The van der Waals surface area contributed by atoms with Crippen molar-refractivity contribution in [2.24, 2.45) is 16.5 Å². The summed E-state index contributed by atoms with van der Waals surface area (Å²) in [5, 5.41) is 8.56. The van der Waals surface area contributed by atoms with E-state index in [1.807, 2.05) is 72.8 Å². The van der Waals surface area contributed by atoms with Crippen LogP contribution >= 0.6 is 0 Å². The summed E-state index contributed by atoms with van der Waals surface area (Å²) in [7, 11) is 0. The molecule has 3 aromatic carbocycles. The molecule has 0 aliphatic heterocycles. The minimum absolute atomic E-state index is 0.0676. The SMILES string of the molecule is NC(N)=NCCC[C@H](NCc1ccccc1)C(=O)Nc1cccc2ccccc12. The van der Waals surface area contributed by atoms with Crippen LogP contribution in [0.2, 0.25) is 0 Å². The average Bonchev–Trinajstić information content (AvgIpc) is 2.74. The molecule has 1 amide bonds. The molecule has 0 aromatic heterocycles. The van der Waals surface area contributed by atoms with Gasteiger partial charge >= 0.3 is 0 Å². The average molecular weight is 390 g/mol. The van der Waals surface area contributed by atoms with Crippen LogP contribution in [-0.4, -0.2) is 24.5 Å². The summed E-state index contributed by atoms with van der Waals surface area (Å²) in [4.78, 5) is 17.1. The lowest BCUT2D eigenvalue weighted by Crippen LogP contribution is -2.40. The lowest BCUT2D eigenvalue weighted by molar-refractivity contribution is -0.118. The second kappa shape index (κ2) is 10.2. The number of amides is 1. The molecule has 3 rings (SSSR count). The molecule has 0 aliphatic carbocycles. The van der Waals surface area contributed by atoms with Crippen molar-refractivity contribution < 1.29 is 4.79 Å². The summed E-state index contributed by atoms with van der Waals surface area (Å²) in [5.41, 5.74) is 12.7. The highest BCUT2D eigenvalue weighted by molar-refractivity contribution is 6.03. The number of carbonyl (C=O) groups is 1. The molecule has 0 radical (unpaired) electrons. The first-order valence-corrected chi connectivity index (χ1v) is 9.75. The molecule has 29 heavy (non-hydrogen) atoms. The number of carbonyl (C=O) groups excluding carboxylic acids is 1. The fourth-order valence-corrected chi connectivity index (χ4v) is 3.22. The third-order valence-electron chi connectivity index (χ3n) is 4.70. The normalized spacial score (nSPS) is 11.7. The largest absolute Gasteiger partial charge is 0.370 e. The molecule has 0 heterocycles. The van der Waals surface area contributed by atoms with Gasteiger partial charge in [-0.1, -0.05) is 66.7 Å². The van der Waals surface area contributed by atoms with E-state index in [4.69, 9.17) is 11.5 Å². The maximum absolute atomic E-state index is 13.0. The first kappa shape index (κ1) is 20.4. The number of nitrogens with one attached hydrogen (secondary N) is 2. The molecule has 6 nitrogen and oxygen atoms in total. The molecule has 0 aliphatic rings. The quantitative estimate of drug-likeness (QED) is 0.256. The van der Waals surface area contributed by atoms with Gasteiger partial charge in [-0.2, -0.15) is 0 Å². The second-order valence-electron chi connectivity index (χ2n) is 6.88. The molecule has 150 valence electrons. The van der Waals surface area contributed by atoms with Gasteiger partial charge < -0.3 is 22.1 Å². The number of anilines is 1. The van der Waals surface area contributed by atoms with Crippen LogP contribution in [0.25, 0.3) is 10.8 Å². The monoisotopic (exact) mass is 389 g/mol. The Balaban J connectivity index is 1.70. The maximum Gasteiger partial charge on any atom is 0.241 e. The molecular weight excluding hydrogens is 362 g/mol. The van der Waals surface area contributed by atoms with Gasteiger partial charge in [-0.15, -0.1) is 0 Å². The zero-order valence-corrected chi connectivity index (χ0v) is 16.3.